The van der Waals surface area contributed by atoms with E-state index in [0.29, 0.717) is 0 Å². The molecule has 1 N–H and O–H groups in total. The number of hydrogen-bond acceptors (Lipinski definition) is 4. The van der Waals surface area contributed by atoms with E-state index in [1.165, 1.54) is 0 Å². The van der Waals surface area contributed by atoms with Crippen LogP contribution in [-0.2, 0) is 0 Å². The molecule has 4 nitrogen and oxygen atoms in total. The molecule has 0 aliphatic heterocycles. The minimum absolute atomic E-state index is 0.241. The Morgan fingerprint density at radius 3 is 2.43 bits per heavy atom. The quantitative estimate of drug-likeness (QED) is 0.675. The van der Waals surface area contributed by atoms with Crippen LogP contribution in [0.4, 0.5) is 0 Å². The first-order valence-corrected chi connectivity index (χ1v) is 8.57. The maximum Gasteiger partial charge on any atom is 0.205 e. The zero-order valence-electron chi connectivity index (χ0n) is 12.3. The van der Waals surface area contributed by atoms with Crippen molar-refractivity contribution in [2.45, 2.75) is 0 Å². The summed E-state index contributed by atoms with van der Waals surface area (Å²) >= 11 is 4.99. The fourth-order valence-electron chi connectivity index (χ4n) is 2.07. The molecule has 23 heavy (non-hydrogen) atoms. The number of phenolic OH excluding ortho intramolecular Hbond substituents is 1. The van der Waals surface area contributed by atoms with Gasteiger partial charge in [0.2, 0.25) is 4.80 Å². The van der Waals surface area contributed by atoms with Gasteiger partial charge in [0.05, 0.1) is 11.9 Å². The molecule has 3 aromatic rings. The minimum Gasteiger partial charge on any atom is -0.508 e. The SMILES string of the molecule is CN=c1scc(-c2ccc(Br)cc2)n1N=Cc1ccc(O)cc1. The molecule has 0 spiro atoms. The summed E-state index contributed by atoms with van der Waals surface area (Å²) in [6.45, 7) is 0. The van der Waals surface area contributed by atoms with Gasteiger partial charge in [0.15, 0.2) is 0 Å². The van der Waals surface area contributed by atoms with Crippen LogP contribution < -0.4 is 4.80 Å². The van der Waals surface area contributed by atoms with E-state index in [0.717, 1.165) is 26.1 Å². The van der Waals surface area contributed by atoms with Gasteiger partial charge in [-0.05, 0) is 42.0 Å². The molecule has 0 saturated heterocycles. The second kappa shape index (κ2) is 6.93. The molecule has 3 rings (SSSR count). The normalized spacial score (nSPS) is 12.2. The molecular formula is C17H14BrN3OS. The molecule has 0 bridgehead atoms. The second-order valence-electron chi connectivity index (χ2n) is 4.78. The van der Waals surface area contributed by atoms with Gasteiger partial charge in [-0.2, -0.15) is 5.10 Å². The van der Waals surface area contributed by atoms with Crippen molar-refractivity contribution in [1.29, 1.82) is 0 Å². The topological polar surface area (TPSA) is 49.9 Å². The molecule has 6 heteroatoms. The molecule has 0 amide bonds. The summed E-state index contributed by atoms with van der Waals surface area (Å²) in [5, 5.41) is 15.9. The van der Waals surface area contributed by atoms with Gasteiger partial charge >= 0.3 is 0 Å². The third kappa shape index (κ3) is 3.60. The monoisotopic (exact) mass is 387 g/mol. The van der Waals surface area contributed by atoms with Crippen LogP contribution in [0.25, 0.3) is 11.3 Å². The van der Waals surface area contributed by atoms with E-state index < -0.39 is 0 Å². The van der Waals surface area contributed by atoms with Crippen molar-refractivity contribution in [1.82, 2.24) is 4.68 Å². The summed E-state index contributed by atoms with van der Waals surface area (Å²) in [6.07, 6.45) is 1.75. The molecule has 1 heterocycles. The van der Waals surface area contributed by atoms with Gasteiger partial charge < -0.3 is 5.11 Å². The maximum atomic E-state index is 9.34. The lowest BCUT2D eigenvalue weighted by molar-refractivity contribution is 0.475. The summed E-state index contributed by atoms with van der Waals surface area (Å²) in [5.41, 5.74) is 2.96. The fourth-order valence-corrected chi connectivity index (χ4v) is 3.13. The lowest BCUT2D eigenvalue weighted by atomic mass is 10.2. The zero-order valence-corrected chi connectivity index (χ0v) is 14.8. The highest BCUT2D eigenvalue weighted by Gasteiger charge is 2.06. The Morgan fingerprint density at radius 2 is 1.78 bits per heavy atom. The lowest BCUT2D eigenvalue weighted by Crippen LogP contribution is -2.11. The van der Waals surface area contributed by atoms with Gasteiger partial charge in [-0.1, -0.05) is 28.1 Å². The predicted octanol–water partition coefficient (Wildman–Crippen LogP) is 4.10. The Kier molecular flexibility index (Phi) is 4.73. The van der Waals surface area contributed by atoms with Crippen molar-refractivity contribution >= 4 is 33.5 Å². The number of aromatic hydroxyl groups is 1. The Labute approximate surface area is 146 Å². The third-order valence-electron chi connectivity index (χ3n) is 3.23. The standard InChI is InChI=1S/C17H14BrN3OS/c1-19-17-21(20-10-12-2-8-15(22)9-3-12)16(11-23-17)13-4-6-14(18)7-5-13/h2-11,22H,1H3. The van der Waals surface area contributed by atoms with Gasteiger partial charge in [0.1, 0.15) is 5.75 Å². The second-order valence-corrected chi connectivity index (χ2v) is 6.53. The van der Waals surface area contributed by atoms with Crippen molar-refractivity contribution in [2.24, 2.45) is 10.1 Å². The van der Waals surface area contributed by atoms with E-state index in [4.69, 9.17) is 0 Å². The number of hydrogen-bond donors (Lipinski definition) is 1. The van der Waals surface area contributed by atoms with E-state index in [1.807, 2.05) is 46.5 Å². The highest BCUT2D eigenvalue weighted by molar-refractivity contribution is 9.10. The zero-order chi connectivity index (χ0) is 16.2. The molecule has 0 fully saturated rings. The largest absolute Gasteiger partial charge is 0.508 e. The van der Waals surface area contributed by atoms with E-state index >= 15 is 0 Å². The van der Waals surface area contributed by atoms with Crippen LogP contribution >= 0.6 is 27.3 Å². The Bertz CT molecular complexity index is 893. The lowest BCUT2D eigenvalue weighted by Gasteiger charge is -2.03. The van der Waals surface area contributed by atoms with Crippen LogP contribution in [0.2, 0.25) is 0 Å². The summed E-state index contributed by atoms with van der Waals surface area (Å²) < 4.78 is 2.86. The fraction of sp³-hybridized carbons (Fsp3) is 0.0588. The summed E-state index contributed by atoms with van der Waals surface area (Å²) in [6, 6.07) is 15.0. The minimum atomic E-state index is 0.241. The smallest absolute Gasteiger partial charge is 0.205 e. The molecule has 116 valence electrons. The molecule has 2 aromatic carbocycles. The summed E-state index contributed by atoms with van der Waals surface area (Å²) in [4.78, 5) is 5.10. The van der Waals surface area contributed by atoms with Crippen LogP contribution in [0, 0.1) is 0 Å². The molecule has 0 aliphatic rings. The predicted molar refractivity (Wildman–Crippen MR) is 98.0 cm³/mol. The average Bonchev–Trinajstić information content (AvgIpc) is 2.98. The van der Waals surface area contributed by atoms with Gasteiger partial charge in [-0.15, -0.1) is 11.3 Å². The molecule has 0 atom stereocenters. The molecular weight excluding hydrogens is 374 g/mol. The third-order valence-corrected chi connectivity index (χ3v) is 4.67. The molecule has 0 saturated carbocycles. The van der Waals surface area contributed by atoms with Crippen LogP contribution in [0.15, 0.2) is 68.5 Å². The maximum absolute atomic E-state index is 9.34. The first kappa shape index (κ1) is 15.7. The molecule has 0 unspecified atom stereocenters. The highest BCUT2D eigenvalue weighted by Crippen LogP contribution is 2.22. The van der Waals surface area contributed by atoms with Crippen molar-refractivity contribution in [3.8, 4) is 17.0 Å². The number of aromatic nitrogens is 1. The van der Waals surface area contributed by atoms with Gasteiger partial charge in [-0.25, -0.2) is 4.68 Å². The first-order valence-electron chi connectivity index (χ1n) is 6.90. The molecule has 0 radical (unpaired) electrons. The van der Waals surface area contributed by atoms with Crippen molar-refractivity contribution < 1.29 is 5.11 Å². The van der Waals surface area contributed by atoms with Gasteiger partial charge in [-0.3, -0.25) is 4.99 Å². The molecule has 0 aliphatic carbocycles. The van der Waals surface area contributed by atoms with Gasteiger partial charge in [0.25, 0.3) is 0 Å². The van der Waals surface area contributed by atoms with E-state index in [-0.39, 0.29) is 5.75 Å². The number of rotatable bonds is 3. The van der Waals surface area contributed by atoms with Crippen molar-refractivity contribution in [3.05, 3.63) is 68.7 Å². The number of thiazole rings is 1. The molecule has 1 aromatic heterocycles. The van der Waals surface area contributed by atoms with E-state index in [1.54, 1.807) is 36.7 Å². The van der Waals surface area contributed by atoms with E-state index in [9.17, 15) is 5.11 Å². The van der Waals surface area contributed by atoms with Crippen molar-refractivity contribution in [2.75, 3.05) is 7.05 Å². The van der Waals surface area contributed by atoms with Crippen molar-refractivity contribution in [3.63, 3.8) is 0 Å². The van der Waals surface area contributed by atoms with Crippen LogP contribution in [0.1, 0.15) is 5.56 Å². The number of halogens is 1. The van der Waals surface area contributed by atoms with Gasteiger partial charge in [0, 0.05) is 22.5 Å². The summed E-state index contributed by atoms with van der Waals surface area (Å²) in [5.74, 6) is 0.241. The Morgan fingerprint density at radius 1 is 1.09 bits per heavy atom. The van der Waals surface area contributed by atoms with Crippen LogP contribution in [-0.4, -0.2) is 23.0 Å². The Balaban J connectivity index is 2.02. The average molecular weight is 388 g/mol. The Hall–Kier alpha value is -2.18. The van der Waals surface area contributed by atoms with Crippen LogP contribution in [0.3, 0.4) is 0 Å². The number of phenols is 1. The first-order chi connectivity index (χ1) is 11.2. The number of benzene rings is 2. The van der Waals surface area contributed by atoms with E-state index in [2.05, 4.69) is 26.0 Å². The van der Waals surface area contributed by atoms with Crippen LogP contribution in [0.5, 0.6) is 5.75 Å². The number of nitrogens with zero attached hydrogens (tertiary/aromatic N) is 3. The summed E-state index contributed by atoms with van der Waals surface area (Å²) in [7, 11) is 1.75. The highest BCUT2D eigenvalue weighted by atomic mass is 79.9.